The summed E-state index contributed by atoms with van der Waals surface area (Å²) in [6.07, 6.45) is 4.25. The minimum absolute atomic E-state index is 0.263. The second kappa shape index (κ2) is 2.95. The Balaban J connectivity index is 2.48. The van der Waals surface area contributed by atoms with Crippen molar-refractivity contribution < 1.29 is 5.11 Å². The van der Waals surface area contributed by atoms with Crippen LogP contribution in [0, 0.1) is 0 Å². The van der Waals surface area contributed by atoms with Gasteiger partial charge >= 0.3 is 0 Å². The Morgan fingerprint density at radius 1 is 1.50 bits per heavy atom. The fraction of sp³-hybridized carbons (Fsp3) is 0.333. The van der Waals surface area contributed by atoms with Crippen molar-refractivity contribution in [3.05, 3.63) is 23.0 Å². The lowest BCUT2D eigenvalue weighted by Gasteiger charge is -1.94. The zero-order chi connectivity index (χ0) is 5.82. The molecule has 1 nitrogen and oxygen atoms in total. The molecule has 1 heterocycles. The van der Waals surface area contributed by atoms with Crippen molar-refractivity contribution in [3.63, 3.8) is 0 Å². The average molecular weight is 128 g/mol. The Hall–Kier alpha value is -0.210. The van der Waals surface area contributed by atoms with E-state index in [0.717, 1.165) is 6.42 Å². The normalized spacial score (nSPS) is 27.9. The molecule has 0 fully saturated rings. The minimum Gasteiger partial charge on any atom is -0.389 e. The van der Waals surface area contributed by atoms with Crippen molar-refractivity contribution in [3.8, 4) is 0 Å². The molecule has 1 aliphatic heterocycles. The lowest BCUT2D eigenvalue weighted by atomic mass is 10.2. The van der Waals surface area contributed by atoms with Crippen molar-refractivity contribution in [2.45, 2.75) is 12.5 Å². The monoisotopic (exact) mass is 128 g/mol. The fourth-order valence-electron chi connectivity index (χ4n) is 0.511. The Morgan fingerprint density at radius 3 is 3.25 bits per heavy atom. The van der Waals surface area contributed by atoms with Gasteiger partial charge in [-0.15, -0.1) is 11.8 Å². The van der Waals surface area contributed by atoms with Crippen LogP contribution in [0.25, 0.3) is 0 Å². The molecule has 1 unspecified atom stereocenters. The first kappa shape index (κ1) is 5.92. The highest BCUT2D eigenvalue weighted by Crippen LogP contribution is 2.11. The van der Waals surface area contributed by atoms with Gasteiger partial charge in [0.15, 0.2) is 0 Å². The van der Waals surface area contributed by atoms with Gasteiger partial charge in [0.25, 0.3) is 0 Å². The van der Waals surface area contributed by atoms with Gasteiger partial charge in [-0.1, -0.05) is 6.08 Å². The first-order chi connectivity index (χ1) is 3.89. The van der Waals surface area contributed by atoms with E-state index in [-0.39, 0.29) is 6.10 Å². The SMILES string of the molecule is OC1C=CSC=CC1. The van der Waals surface area contributed by atoms with Crippen molar-refractivity contribution in [2.75, 3.05) is 0 Å². The van der Waals surface area contributed by atoms with Crippen molar-refractivity contribution in [1.82, 2.24) is 0 Å². The molecule has 1 atom stereocenters. The van der Waals surface area contributed by atoms with Gasteiger partial charge in [0.1, 0.15) is 0 Å². The average Bonchev–Trinajstić information content (AvgIpc) is 1.94. The number of thioether (sulfide) groups is 1. The second-order valence-corrected chi connectivity index (χ2v) is 2.46. The molecule has 0 radical (unpaired) electrons. The summed E-state index contributed by atoms with van der Waals surface area (Å²) in [6, 6.07) is 0. The summed E-state index contributed by atoms with van der Waals surface area (Å²) in [6.45, 7) is 0. The van der Waals surface area contributed by atoms with E-state index in [1.54, 1.807) is 17.8 Å². The molecule has 2 heteroatoms. The van der Waals surface area contributed by atoms with Crippen LogP contribution in [0.5, 0.6) is 0 Å². The number of hydrogen-bond acceptors (Lipinski definition) is 2. The van der Waals surface area contributed by atoms with Gasteiger partial charge in [-0.2, -0.15) is 0 Å². The molecule has 0 aliphatic carbocycles. The van der Waals surface area contributed by atoms with Crippen molar-refractivity contribution in [2.24, 2.45) is 0 Å². The minimum atomic E-state index is -0.263. The molecule has 0 amide bonds. The first-order valence-electron chi connectivity index (χ1n) is 2.55. The molecule has 0 saturated heterocycles. The van der Waals surface area contributed by atoms with E-state index in [9.17, 15) is 0 Å². The predicted octanol–water partition coefficient (Wildman–Crippen LogP) is 1.51. The first-order valence-corrected chi connectivity index (χ1v) is 3.49. The lowest BCUT2D eigenvalue weighted by molar-refractivity contribution is 0.227. The van der Waals surface area contributed by atoms with Gasteiger partial charge in [-0.25, -0.2) is 0 Å². The van der Waals surface area contributed by atoms with Crippen LogP contribution in [0.2, 0.25) is 0 Å². The highest BCUT2D eigenvalue weighted by atomic mass is 32.2. The Bertz CT molecular complexity index is 118. The van der Waals surface area contributed by atoms with Gasteiger partial charge in [0.05, 0.1) is 6.10 Å². The maximum absolute atomic E-state index is 8.94. The summed E-state index contributed by atoms with van der Waals surface area (Å²) in [7, 11) is 0. The van der Waals surface area contributed by atoms with Gasteiger partial charge in [-0.05, 0) is 23.3 Å². The Kier molecular flexibility index (Phi) is 2.18. The Morgan fingerprint density at radius 2 is 2.38 bits per heavy atom. The van der Waals surface area contributed by atoms with E-state index in [1.807, 2.05) is 16.9 Å². The summed E-state index contributed by atoms with van der Waals surface area (Å²) in [5, 5.41) is 12.8. The third kappa shape index (κ3) is 1.72. The quantitative estimate of drug-likeness (QED) is 0.533. The van der Waals surface area contributed by atoms with Gasteiger partial charge in [0.2, 0.25) is 0 Å². The fourth-order valence-corrected chi connectivity index (χ4v) is 1.10. The molecule has 44 valence electrons. The molecule has 0 aromatic carbocycles. The summed E-state index contributed by atoms with van der Waals surface area (Å²) in [4.78, 5) is 0. The topological polar surface area (TPSA) is 20.2 Å². The zero-order valence-electron chi connectivity index (χ0n) is 4.45. The van der Waals surface area contributed by atoms with E-state index in [0.29, 0.717) is 0 Å². The highest BCUT2D eigenvalue weighted by molar-refractivity contribution is 8.04. The lowest BCUT2D eigenvalue weighted by Crippen LogP contribution is -1.97. The molecular formula is C6H8OS. The van der Waals surface area contributed by atoms with E-state index in [4.69, 9.17) is 5.11 Å². The van der Waals surface area contributed by atoms with Crippen LogP contribution in [0.4, 0.5) is 0 Å². The van der Waals surface area contributed by atoms with Crippen LogP contribution < -0.4 is 0 Å². The van der Waals surface area contributed by atoms with Crippen molar-refractivity contribution >= 4 is 11.8 Å². The van der Waals surface area contributed by atoms with Crippen LogP contribution in [-0.2, 0) is 0 Å². The van der Waals surface area contributed by atoms with Crippen LogP contribution in [-0.4, -0.2) is 11.2 Å². The van der Waals surface area contributed by atoms with Crippen LogP contribution in [0.15, 0.2) is 23.0 Å². The predicted molar refractivity (Wildman–Crippen MR) is 36.5 cm³/mol. The second-order valence-electron chi connectivity index (χ2n) is 1.64. The molecule has 0 spiro atoms. The smallest absolute Gasteiger partial charge is 0.0763 e. The third-order valence-corrected chi connectivity index (χ3v) is 1.60. The van der Waals surface area contributed by atoms with E-state index in [2.05, 4.69) is 0 Å². The van der Waals surface area contributed by atoms with Gasteiger partial charge < -0.3 is 5.11 Å². The Labute approximate surface area is 53.1 Å². The molecule has 0 aromatic heterocycles. The molecular weight excluding hydrogens is 120 g/mol. The number of rotatable bonds is 0. The van der Waals surface area contributed by atoms with E-state index < -0.39 is 0 Å². The molecule has 8 heavy (non-hydrogen) atoms. The van der Waals surface area contributed by atoms with Crippen LogP contribution >= 0.6 is 11.8 Å². The maximum Gasteiger partial charge on any atom is 0.0763 e. The van der Waals surface area contributed by atoms with E-state index >= 15 is 0 Å². The van der Waals surface area contributed by atoms with Crippen molar-refractivity contribution in [1.29, 1.82) is 0 Å². The summed E-state index contributed by atoms with van der Waals surface area (Å²) in [5.41, 5.74) is 0. The number of aliphatic hydroxyl groups excluding tert-OH is 1. The standard InChI is InChI=1S/C6H8OS/c7-6-2-1-4-8-5-3-6/h1,3-7H,2H2. The molecule has 1 N–H and O–H groups in total. The summed E-state index contributed by atoms with van der Waals surface area (Å²) < 4.78 is 0. The van der Waals surface area contributed by atoms with Crippen LogP contribution in [0.3, 0.4) is 0 Å². The number of aliphatic hydroxyl groups is 1. The van der Waals surface area contributed by atoms with Crippen LogP contribution in [0.1, 0.15) is 6.42 Å². The van der Waals surface area contributed by atoms with Gasteiger partial charge in [0, 0.05) is 0 Å². The summed E-state index contributed by atoms with van der Waals surface area (Å²) >= 11 is 1.60. The van der Waals surface area contributed by atoms with E-state index in [1.165, 1.54) is 0 Å². The van der Waals surface area contributed by atoms with Gasteiger partial charge in [-0.3, -0.25) is 0 Å². The zero-order valence-corrected chi connectivity index (χ0v) is 5.27. The largest absolute Gasteiger partial charge is 0.389 e. The molecule has 0 bridgehead atoms. The molecule has 0 aromatic rings. The molecule has 1 rings (SSSR count). The number of hydrogen-bond donors (Lipinski definition) is 1. The molecule has 1 aliphatic rings. The summed E-state index contributed by atoms with van der Waals surface area (Å²) in [5.74, 6) is 0. The maximum atomic E-state index is 8.94. The third-order valence-electron chi connectivity index (χ3n) is 0.932. The molecule has 0 saturated carbocycles. The highest BCUT2D eigenvalue weighted by Gasteiger charge is 1.95.